The number of hydrogen-bond acceptors (Lipinski definition) is 5. The summed E-state index contributed by atoms with van der Waals surface area (Å²) in [5.41, 5.74) is 0.682. The summed E-state index contributed by atoms with van der Waals surface area (Å²) in [6.07, 6.45) is 4.41. The van der Waals surface area contributed by atoms with Gasteiger partial charge in [0, 0.05) is 48.4 Å². The summed E-state index contributed by atoms with van der Waals surface area (Å²) < 4.78 is 0. The first-order valence-electron chi connectivity index (χ1n) is 8.21. The zero-order valence-electron chi connectivity index (χ0n) is 14.2. The van der Waals surface area contributed by atoms with Crippen LogP contribution in [0.1, 0.15) is 5.56 Å². The van der Waals surface area contributed by atoms with E-state index in [1.54, 1.807) is 35.2 Å². The number of hydrogen-bond donors (Lipinski definition) is 0. The smallest absolute Gasteiger partial charge is 0.287 e. The molecule has 3 rings (SSSR count). The fourth-order valence-electron chi connectivity index (χ4n) is 2.73. The summed E-state index contributed by atoms with van der Waals surface area (Å²) in [5, 5.41) is 11.7. The molecule has 7 nitrogen and oxygen atoms in total. The van der Waals surface area contributed by atoms with Crippen molar-refractivity contribution in [3.05, 3.63) is 68.3 Å². The van der Waals surface area contributed by atoms with Crippen LogP contribution in [0.25, 0.3) is 6.08 Å². The Morgan fingerprint density at radius 1 is 1.15 bits per heavy atom. The Morgan fingerprint density at radius 3 is 2.48 bits per heavy atom. The highest BCUT2D eigenvalue weighted by Crippen LogP contribution is 2.22. The van der Waals surface area contributed by atoms with Crippen molar-refractivity contribution < 1.29 is 9.72 Å². The molecule has 0 saturated carbocycles. The van der Waals surface area contributed by atoms with Crippen LogP contribution in [0.15, 0.2) is 42.6 Å². The van der Waals surface area contributed by atoms with E-state index in [0.717, 1.165) is 5.56 Å². The fraction of sp³-hybridized carbons (Fsp3) is 0.222. The van der Waals surface area contributed by atoms with Gasteiger partial charge in [-0.05, 0) is 29.8 Å². The van der Waals surface area contributed by atoms with Crippen LogP contribution < -0.4 is 4.90 Å². The van der Waals surface area contributed by atoms with Crippen molar-refractivity contribution in [3.8, 4) is 0 Å². The Morgan fingerprint density at radius 2 is 1.89 bits per heavy atom. The SMILES string of the molecule is O=C(/C=C/c1ccc(Cl)cc1Cl)N1CCN(c2ccc([N+](=O)[O-])cn2)CC1. The molecule has 1 aliphatic heterocycles. The van der Waals surface area contributed by atoms with Gasteiger partial charge in [0.15, 0.2) is 0 Å². The molecular weight excluding hydrogens is 391 g/mol. The van der Waals surface area contributed by atoms with E-state index >= 15 is 0 Å². The molecule has 27 heavy (non-hydrogen) atoms. The van der Waals surface area contributed by atoms with E-state index in [1.807, 2.05) is 4.90 Å². The molecule has 0 N–H and O–H groups in total. The van der Waals surface area contributed by atoms with Crippen molar-refractivity contribution in [1.82, 2.24) is 9.88 Å². The molecule has 9 heteroatoms. The molecule has 0 radical (unpaired) electrons. The van der Waals surface area contributed by atoms with Crippen LogP contribution in [-0.4, -0.2) is 46.9 Å². The first-order chi connectivity index (χ1) is 12.9. The highest BCUT2D eigenvalue weighted by atomic mass is 35.5. The first kappa shape index (κ1) is 19.1. The summed E-state index contributed by atoms with van der Waals surface area (Å²) >= 11 is 12.0. The molecule has 2 aromatic rings. The van der Waals surface area contributed by atoms with E-state index < -0.39 is 4.92 Å². The molecule has 1 saturated heterocycles. The van der Waals surface area contributed by atoms with Gasteiger partial charge in [-0.25, -0.2) is 4.98 Å². The Hall–Kier alpha value is -2.64. The predicted molar refractivity (Wildman–Crippen MR) is 105 cm³/mol. The average Bonchev–Trinajstić information content (AvgIpc) is 2.67. The predicted octanol–water partition coefficient (Wildman–Crippen LogP) is 3.66. The first-order valence-corrected chi connectivity index (χ1v) is 8.97. The van der Waals surface area contributed by atoms with E-state index in [4.69, 9.17) is 23.2 Å². The average molecular weight is 407 g/mol. The minimum Gasteiger partial charge on any atom is -0.353 e. The van der Waals surface area contributed by atoms with Gasteiger partial charge in [-0.3, -0.25) is 14.9 Å². The molecule has 0 atom stereocenters. The van der Waals surface area contributed by atoms with Gasteiger partial charge in [0.2, 0.25) is 5.91 Å². The lowest BCUT2D eigenvalue weighted by Crippen LogP contribution is -2.48. The van der Waals surface area contributed by atoms with Gasteiger partial charge in [-0.15, -0.1) is 0 Å². The van der Waals surface area contributed by atoms with Crippen molar-refractivity contribution in [1.29, 1.82) is 0 Å². The normalized spacial score (nSPS) is 14.6. The lowest BCUT2D eigenvalue weighted by atomic mass is 10.2. The number of amides is 1. The molecular formula is C18H16Cl2N4O3. The third-order valence-electron chi connectivity index (χ3n) is 4.23. The zero-order valence-corrected chi connectivity index (χ0v) is 15.7. The van der Waals surface area contributed by atoms with Crippen molar-refractivity contribution in [2.45, 2.75) is 0 Å². The van der Waals surface area contributed by atoms with Crippen LogP contribution in [0.3, 0.4) is 0 Å². The number of piperazine rings is 1. The van der Waals surface area contributed by atoms with Gasteiger partial charge in [-0.1, -0.05) is 29.3 Å². The number of carbonyl (C=O) groups is 1. The van der Waals surface area contributed by atoms with Gasteiger partial charge in [0.05, 0.1) is 4.92 Å². The van der Waals surface area contributed by atoms with E-state index in [1.165, 1.54) is 18.3 Å². The lowest BCUT2D eigenvalue weighted by Gasteiger charge is -2.34. The second kappa shape index (κ2) is 8.37. The summed E-state index contributed by atoms with van der Waals surface area (Å²) in [7, 11) is 0. The summed E-state index contributed by atoms with van der Waals surface area (Å²) in [6, 6.07) is 8.15. The lowest BCUT2D eigenvalue weighted by molar-refractivity contribution is -0.385. The number of benzene rings is 1. The zero-order chi connectivity index (χ0) is 19.4. The van der Waals surface area contributed by atoms with E-state index in [0.29, 0.717) is 42.0 Å². The van der Waals surface area contributed by atoms with Crippen LogP contribution in [0.5, 0.6) is 0 Å². The third kappa shape index (κ3) is 4.75. The summed E-state index contributed by atoms with van der Waals surface area (Å²) in [6.45, 7) is 2.28. The molecule has 1 amide bonds. The van der Waals surface area contributed by atoms with Crippen molar-refractivity contribution in [3.63, 3.8) is 0 Å². The van der Waals surface area contributed by atoms with E-state index in [2.05, 4.69) is 4.98 Å². The van der Waals surface area contributed by atoms with Crippen molar-refractivity contribution in [2.75, 3.05) is 31.1 Å². The number of halogens is 2. The fourth-order valence-corrected chi connectivity index (χ4v) is 3.20. The van der Waals surface area contributed by atoms with Gasteiger partial charge in [0.1, 0.15) is 12.0 Å². The molecule has 1 aromatic carbocycles. The van der Waals surface area contributed by atoms with Gasteiger partial charge in [-0.2, -0.15) is 0 Å². The van der Waals surface area contributed by atoms with Crippen LogP contribution in [-0.2, 0) is 4.79 Å². The van der Waals surface area contributed by atoms with Crippen LogP contribution in [0.4, 0.5) is 11.5 Å². The molecule has 2 heterocycles. The Labute approximate surface area is 166 Å². The number of anilines is 1. The second-order valence-corrected chi connectivity index (χ2v) is 6.79. The Kier molecular flexibility index (Phi) is 5.93. The maximum absolute atomic E-state index is 12.4. The number of nitrogens with zero attached hydrogens (tertiary/aromatic N) is 4. The molecule has 1 fully saturated rings. The maximum Gasteiger partial charge on any atom is 0.287 e. The number of carbonyl (C=O) groups excluding carboxylic acids is 1. The molecule has 140 valence electrons. The highest BCUT2D eigenvalue weighted by molar-refractivity contribution is 6.35. The second-order valence-electron chi connectivity index (χ2n) is 5.94. The van der Waals surface area contributed by atoms with E-state index in [-0.39, 0.29) is 11.6 Å². The van der Waals surface area contributed by atoms with Crippen molar-refractivity contribution in [2.24, 2.45) is 0 Å². The summed E-state index contributed by atoms with van der Waals surface area (Å²) in [5.74, 6) is 0.563. The van der Waals surface area contributed by atoms with Crippen LogP contribution in [0, 0.1) is 10.1 Å². The topological polar surface area (TPSA) is 79.6 Å². The van der Waals surface area contributed by atoms with Crippen LogP contribution in [0.2, 0.25) is 10.0 Å². The molecule has 1 aromatic heterocycles. The molecule has 0 bridgehead atoms. The number of nitro groups is 1. The Bertz CT molecular complexity index is 879. The largest absolute Gasteiger partial charge is 0.353 e. The third-order valence-corrected chi connectivity index (χ3v) is 4.79. The van der Waals surface area contributed by atoms with Crippen LogP contribution >= 0.6 is 23.2 Å². The van der Waals surface area contributed by atoms with E-state index in [9.17, 15) is 14.9 Å². The number of pyridine rings is 1. The summed E-state index contributed by atoms with van der Waals surface area (Å²) in [4.78, 5) is 30.4. The maximum atomic E-state index is 12.4. The quantitative estimate of drug-likeness (QED) is 0.439. The minimum atomic E-state index is -0.480. The van der Waals surface area contributed by atoms with Gasteiger partial charge < -0.3 is 9.80 Å². The minimum absolute atomic E-state index is 0.0430. The monoisotopic (exact) mass is 406 g/mol. The molecule has 0 aliphatic carbocycles. The molecule has 0 spiro atoms. The molecule has 0 unspecified atom stereocenters. The van der Waals surface area contributed by atoms with Crippen molar-refractivity contribution >= 4 is 46.7 Å². The number of rotatable bonds is 4. The molecule has 1 aliphatic rings. The van der Waals surface area contributed by atoms with Gasteiger partial charge in [0.25, 0.3) is 5.69 Å². The number of aromatic nitrogens is 1. The van der Waals surface area contributed by atoms with Gasteiger partial charge >= 0.3 is 0 Å². The highest BCUT2D eigenvalue weighted by Gasteiger charge is 2.21. The Balaban J connectivity index is 1.57. The standard InChI is InChI=1S/C18H16Cl2N4O3/c19-14-3-1-13(16(20)11-14)2-6-18(25)23-9-7-22(8-10-23)17-5-4-15(12-21-17)24(26)27/h1-6,11-12H,7-10H2/b6-2+.